The number of benzene rings is 2. The maximum atomic E-state index is 12.3. The molecular formula is C19H19NO6. The summed E-state index contributed by atoms with van der Waals surface area (Å²) in [5.41, 5.74) is 0.941. The normalized spacial score (nSPS) is 15.2. The third-order valence-corrected chi connectivity index (χ3v) is 3.71. The maximum Gasteiger partial charge on any atom is 0.338 e. The second-order valence-electron chi connectivity index (χ2n) is 5.56. The van der Waals surface area contributed by atoms with Gasteiger partial charge in [-0.25, -0.2) is 4.79 Å². The van der Waals surface area contributed by atoms with E-state index in [0.29, 0.717) is 29.4 Å². The van der Waals surface area contributed by atoms with Crippen molar-refractivity contribution in [3.05, 3.63) is 54.1 Å². The van der Waals surface area contributed by atoms with Crippen LogP contribution >= 0.6 is 0 Å². The number of hydrogen-bond donors (Lipinski definition) is 1. The minimum atomic E-state index is -0.747. The number of para-hydroxylation sites is 2. The van der Waals surface area contributed by atoms with Crippen molar-refractivity contribution in [2.24, 2.45) is 0 Å². The van der Waals surface area contributed by atoms with Crippen LogP contribution in [-0.4, -0.2) is 44.9 Å². The first-order valence-corrected chi connectivity index (χ1v) is 8.13. The zero-order valence-corrected chi connectivity index (χ0v) is 14.3. The third kappa shape index (κ3) is 4.31. The minimum absolute atomic E-state index is 0.132. The van der Waals surface area contributed by atoms with E-state index in [4.69, 9.17) is 18.9 Å². The van der Waals surface area contributed by atoms with Gasteiger partial charge in [-0.05, 0) is 36.4 Å². The Hall–Kier alpha value is -3.06. The Kier molecular flexibility index (Phi) is 5.70. The molecule has 0 saturated heterocycles. The van der Waals surface area contributed by atoms with E-state index in [2.05, 4.69) is 5.32 Å². The van der Waals surface area contributed by atoms with Crippen LogP contribution in [0, 0.1) is 0 Å². The van der Waals surface area contributed by atoms with Gasteiger partial charge >= 0.3 is 5.97 Å². The van der Waals surface area contributed by atoms with E-state index in [1.165, 1.54) is 7.11 Å². The minimum Gasteiger partial charge on any atom is -0.485 e. The molecular weight excluding hydrogens is 338 g/mol. The summed E-state index contributed by atoms with van der Waals surface area (Å²) in [6, 6.07) is 13.6. The number of methoxy groups -OCH3 is 1. The third-order valence-electron chi connectivity index (χ3n) is 3.71. The number of nitrogens with one attached hydrogen (secondary N) is 1. The van der Waals surface area contributed by atoms with Crippen molar-refractivity contribution in [2.45, 2.75) is 6.10 Å². The van der Waals surface area contributed by atoms with E-state index < -0.39 is 12.1 Å². The number of ether oxygens (including phenoxy) is 4. The molecule has 0 saturated carbocycles. The molecule has 1 heterocycles. The number of carbonyl (C=O) groups excluding carboxylic acids is 2. The fraction of sp³-hybridized carbons (Fsp3) is 0.263. The van der Waals surface area contributed by atoms with E-state index in [-0.39, 0.29) is 19.1 Å². The monoisotopic (exact) mass is 357 g/mol. The van der Waals surface area contributed by atoms with Gasteiger partial charge in [-0.3, -0.25) is 4.79 Å². The number of fused-ring (bicyclic) bond motifs is 1. The Labute approximate surface area is 150 Å². The number of esters is 1. The number of amides is 1. The van der Waals surface area contributed by atoms with Gasteiger partial charge in [-0.2, -0.15) is 0 Å². The zero-order valence-electron chi connectivity index (χ0n) is 14.3. The highest BCUT2D eigenvalue weighted by Gasteiger charge is 2.27. The van der Waals surface area contributed by atoms with Crippen molar-refractivity contribution < 1.29 is 28.5 Å². The summed E-state index contributed by atoms with van der Waals surface area (Å²) in [6.07, 6.45) is -0.747. The molecule has 7 nitrogen and oxygen atoms in total. The highest BCUT2D eigenvalue weighted by molar-refractivity contribution is 5.95. The average Bonchev–Trinajstić information content (AvgIpc) is 2.68. The fourth-order valence-electron chi connectivity index (χ4n) is 2.36. The second kappa shape index (κ2) is 8.35. The summed E-state index contributed by atoms with van der Waals surface area (Å²) >= 11 is 0. The van der Waals surface area contributed by atoms with Crippen molar-refractivity contribution in [1.29, 1.82) is 0 Å². The van der Waals surface area contributed by atoms with Crippen LogP contribution in [0.2, 0.25) is 0 Å². The lowest BCUT2D eigenvalue weighted by atomic mass is 10.2. The van der Waals surface area contributed by atoms with Crippen molar-refractivity contribution in [3.63, 3.8) is 0 Å². The molecule has 0 fully saturated rings. The molecule has 1 atom stereocenters. The molecule has 136 valence electrons. The summed E-state index contributed by atoms with van der Waals surface area (Å²) in [6.45, 7) is 0.660. The summed E-state index contributed by atoms with van der Waals surface area (Å²) < 4.78 is 21.0. The summed E-state index contributed by atoms with van der Waals surface area (Å²) in [7, 11) is 1.53. The van der Waals surface area contributed by atoms with Crippen LogP contribution in [0.3, 0.4) is 0 Å². The van der Waals surface area contributed by atoms with Gasteiger partial charge in [0, 0.05) is 12.8 Å². The fourth-order valence-corrected chi connectivity index (χ4v) is 2.36. The first-order valence-electron chi connectivity index (χ1n) is 8.13. The Morgan fingerprint density at radius 2 is 1.81 bits per heavy atom. The van der Waals surface area contributed by atoms with E-state index in [1.54, 1.807) is 36.4 Å². The lowest BCUT2D eigenvalue weighted by molar-refractivity contribution is -0.125. The van der Waals surface area contributed by atoms with E-state index in [1.807, 2.05) is 12.1 Å². The van der Waals surface area contributed by atoms with Crippen LogP contribution in [0.15, 0.2) is 48.5 Å². The smallest absolute Gasteiger partial charge is 0.338 e. The van der Waals surface area contributed by atoms with Crippen LogP contribution < -0.4 is 14.8 Å². The topological polar surface area (TPSA) is 83.1 Å². The molecule has 0 unspecified atom stereocenters. The van der Waals surface area contributed by atoms with Gasteiger partial charge in [0.25, 0.3) is 5.91 Å². The first-order chi connectivity index (χ1) is 12.7. The van der Waals surface area contributed by atoms with Gasteiger partial charge < -0.3 is 24.3 Å². The quantitative estimate of drug-likeness (QED) is 0.631. The van der Waals surface area contributed by atoms with Crippen LogP contribution in [0.5, 0.6) is 11.5 Å². The summed E-state index contributed by atoms with van der Waals surface area (Å²) in [5, 5.41) is 2.74. The number of rotatable bonds is 6. The Balaban J connectivity index is 1.56. The van der Waals surface area contributed by atoms with Gasteiger partial charge in [0.05, 0.1) is 12.2 Å². The Morgan fingerprint density at radius 1 is 1.08 bits per heavy atom. The van der Waals surface area contributed by atoms with E-state index in [9.17, 15) is 9.59 Å². The highest BCUT2D eigenvalue weighted by Crippen LogP contribution is 2.31. The Bertz CT molecular complexity index is 774. The second-order valence-corrected chi connectivity index (χ2v) is 5.56. The molecule has 26 heavy (non-hydrogen) atoms. The molecule has 0 spiro atoms. The first kappa shape index (κ1) is 17.8. The van der Waals surface area contributed by atoms with Crippen LogP contribution in [0.25, 0.3) is 0 Å². The van der Waals surface area contributed by atoms with Crippen molar-refractivity contribution in [3.8, 4) is 11.5 Å². The van der Waals surface area contributed by atoms with Crippen molar-refractivity contribution in [2.75, 3.05) is 32.2 Å². The van der Waals surface area contributed by atoms with Crippen LogP contribution in [0.1, 0.15) is 10.4 Å². The molecule has 2 aromatic carbocycles. The molecule has 0 aromatic heterocycles. The van der Waals surface area contributed by atoms with Gasteiger partial charge in [0.1, 0.15) is 13.2 Å². The highest BCUT2D eigenvalue weighted by atomic mass is 16.6. The molecule has 1 amide bonds. The molecule has 2 aromatic rings. The molecule has 1 N–H and O–H groups in total. The zero-order chi connectivity index (χ0) is 18.4. The van der Waals surface area contributed by atoms with E-state index >= 15 is 0 Å². The summed E-state index contributed by atoms with van der Waals surface area (Å²) in [4.78, 5) is 24.2. The SMILES string of the molecule is COCCOC(=O)c1ccc(NC(=O)[C@@H]2COc3ccccc3O2)cc1. The largest absolute Gasteiger partial charge is 0.485 e. The molecule has 0 aliphatic carbocycles. The molecule has 0 bridgehead atoms. The lowest BCUT2D eigenvalue weighted by Crippen LogP contribution is -2.40. The number of anilines is 1. The molecule has 7 heteroatoms. The number of carbonyl (C=O) groups is 2. The maximum absolute atomic E-state index is 12.3. The van der Waals surface area contributed by atoms with E-state index in [0.717, 1.165) is 0 Å². The molecule has 3 rings (SSSR count). The van der Waals surface area contributed by atoms with Gasteiger partial charge in [0.15, 0.2) is 11.5 Å². The van der Waals surface area contributed by atoms with Gasteiger partial charge in [0.2, 0.25) is 6.10 Å². The predicted molar refractivity (Wildman–Crippen MR) is 93.6 cm³/mol. The summed E-state index contributed by atoms with van der Waals surface area (Å²) in [5.74, 6) is 0.386. The van der Waals surface area contributed by atoms with Crippen molar-refractivity contribution in [1.82, 2.24) is 0 Å². The standard InChI is InChI=1S/C19H19NO6/c1-23-10-11-24-19(22)13-6-8-14(9-7-13)20-18(21)17-12-25-15-4-2-3-5-16(15)26-17/h2-9,17H,10-12H2,1H3,(H,20,21)/t17-/m0/s1. The predicted octanol–water partition coefficient (Wildman–Crippen LogP) is 2.27. The molecule has 0 radical (unpaired) electrons. The lowest BCUT2D eigenvalue weighted by Gasteiger charge is -2.25. The Morgan fingerprint density at radius 3 is 2.54 bits per heavy atom. The van der Waals surface area contributed by atoms with Gasteiger partial charge in [-0.1, -0.05) is 12.1 Å². The molecule has 1 aliphatic heterocycles. The van der Waals surface area contributed by atoms with Crippen molar-refractivity contribution >= 4 is 17.6 Å². The van der Waals surface area contributed by atoms with Gasteiger partial charge in [-0.15, -0.1) is 0 Å². The molecule has 1 aliphatic rings. The average molecular weight is 357 g/mol. The number of hydrogen-bond acceptors (Lipinski definition) is 6. The van der Waals surface area contributed by atoms with Crippen LogP contribution in [-0.2, 0) is 14.3 Å². The van der Waals surface area contributed by atoms with Crippen LogP contribution in [0.4, 0.5) is 5.69 Å².